The molecule has 0 radical (unpaired) electrons. The van der Waals surface area contributed by atoms with Crippen molar-refractivity contribution >= 4 is 5.91 Å². The maximum Gasteiger partial charge on any atom is 0.223 e. The van der Waals surface area contributed by atoms with Crippen LogP contribution < -0.4 is 0 Å². The van der Waals surface area contributed by atoms with E-state index in [1.807, 2.05) is 4.90 Å². The first-order chi connectivity index (χ1) is 19.2. The molecule has 2 saturated heterocycles. The maximum atomic E-state index is 12.8. The van der Waals surface area contributed by atoms with Gasteiger partial charge in [-0.25, -0.2) is 0 Å². The highest BCUT2D eigenvalue weighted by atomic mass is 16.7. The number of nitrogens with zero attached hydrogens (tertiary/aromatic N) is 1. The molecule has 40 heavy (non-hydrogen) atoms. The minimum atomic E-state index is -0.260. The van der Waals surface area contributed by atoms with E-state index in [-0.39, 0.29) is 17.8 Å². The molecule has 11 atom stereocenters. The second kappa shape index (κ2) is 9.18. The van der Waals surface area contributed by atoms with Crippen molar-refractivity contribution in [2.45, 2.75) is 142 Å². The molecule has 2 aliphatic heterocycles. The summed E-state index contributed by atoms with van der Waals surface area (Å²) in [6, 6.07) is 0. The van der Waals surface area contributed by atoms with Gasteiger partial charge in [0.1, 0.15) is 0 Å². The number of hydrogen-bond acceptors (Lipinski definition) is 4. The number of carbonyl (C=O) groups excluding carboxylic acids is 1. The molecule has 224 valence electrons. The molecule has 2 spiro atoms. The van der Waals surface area contributed by atoms with E-state index >= 15 is 0 Å². The van der Waals surface area contributed by atoms with Gasteiger partial charge in [-0.05, 0) is 135 Å². The summed E-state index contributed by atoms with van der Waals surface area (Å²) in [7, 11) is 0. The van der Waals surface area contributed by atoms with Crippen molar-refractivity contribution in [3.63, 3.8) is 0 Å². The molecular formula is C35H55NO4. The Morgan fingerprint density at radius 1 is 0.925 bits per heavy atom. The molecule has 6 saturated carbocycles. The zero-order valence-electron chi connectivity index (χ0n) is 25.8. The lowest BCUT2D eigenvalue weighted by Crippen LogP contribution is -2.56. The first kappa shape index (κ1) is 26.9. The van der Waals surface area contributed by atoms with Gasteiger partial charge >= 0.3 is 0 Å². The second-order valence-electron chi connectivity index (χ2n) is 16.7. The highest BCUT2D eigenvalue weighted by molar-refractivity contribution is 5.76. The molecule has 8 aliphatic rings. The Morgan fingerprint density at radius 3 is 2.55 bits per heavy atom. The van der Waals surface area contributed by atoms with Crippen LogP contribution in [0.15, 0.2) is 0 Å². The van der Waals surface area contributed by atoms with E-state index in [4.69, 9.17) is 14.2 Å². The van der Waals surface area contributed by atoms with Gasteiger partial charge in [0.15, 0.2) is 6.29 Å². The Balaban J connectivity index is 0.967. The van der Waals surface area contributed by atoms with Crippen molar-refractivity contribution in [3.05, 3.63) is 0 Å². The van der Waals surface area contributed by atoms with Crippen LogP contribution in [0, 0.1) is 51.2 Å². The lowest BCUT2D eigenvalue weighted by Gasteiger charge is -2.60. The third kappa shape index (κ3) is 3.77. The van der Waals surface area contributed by atoms with Crippen LogP contribution in [0.1, 0.15) is 118 Å². The van der Waals surface area contributed by atoms with Crippen molar-refractivity contribution < 1.29 is 19.0 Å². The van der Waals surface area contributed by atoms with Crippen LogP contribution in [-0.4, -0.2) is 55.1 Å². The van der Waals surface area contributed by atoms with E-state index in [1.54, 1.807) is 0 Å². The third-order valence-electron chi connectivity index (χ3n) is 14.9. The monoisotopic (exact) mass is 553 g/mol. The molecule has 2 heterocycles. The summed E-state index contributed by atoms with van der Waals surface area (Å²) in [5.74, 6) is 4.29. The van der Waals surface area contributed by atoms with Gasteiger partial charge in [-0.15, -0.1) is 0 Å². The Labute approximate surface area is 242 Å². The third-order valence-corrected chi connectivity index (χ3v) is 14.9. The summed E-state index contributed by atoms with van der Waals surface area (Å²) in [5.41, 5.74) is 1.79. The molecule has 8 rings (SSSR count). The molecule has 0 N–H and O–H groups in total. The first-order valence-electron chi connectivity index (χ1n) is 17.4. The van der Waals surface area contributed by atoms with Gasteiger partial charge in [-0.3, -0.25) is 4.79 Å². The highest BCUT2D eigenvalue weighted by Gasteiger charge is 2.80. The van der Waals surface area contributed by atoms with E-state index in [1.165, 1.54) is 77.0 Å². The predicted octanol–water partition coefficient (Wildman–Crippen LogP) is 6.97. The zero-order valence-corrected chi connectivity index (χ0v) is 25.8. The number of hydrogen-bond donors (Lipinski definition) is 0. The van der Waals surface area contributed by atoms with Crippen molar-refractivity contribution in [2.24, 2.45) is 51.2 Å². The van der Waals surface area contributed by atoms with E-state index in [9.17, 15) is 4.79 Å². The number of fused-ring (bicyclic) bond motifs is 4. The quantitative estimate of drug-likeness (QED) is 0.369. The number of rotatable bonds is 5. The van der Waals surface area contributed by atoms with E-state index in [2.05, 4.69) is 27.7 Å². The number of morpholine rings is 1. The second-order valence-corrected chi connectivity index (χ2v) is 16.7. The summed E-state index contributed by atoms with van der Waals surface area (Å²) < 4.78 is 19.7. The van der Waals surface area contributed by atoms with Crippen LogP contribution in [0.2, 0.25) is 0 Å². The molecule has 5 nitrogen and oxygen atoms in total. The summed E-state index contributed by atoms with van der Waals surface area (Å²) >= 11 is 0. The Bertz CT molecular complexity index is 1020. The molecular weight excluding hydrogens is 498 g/mol. The molecule has 0 aromatic carbocycles. The van der Waals surface area contributed by atoms with E-state index in [0.717, 1.165) is 43.1 Å². The fourth-order valence-corrected chi connectivity index (χ4v) is 12.6. The van der Waals surface area contributed by atoms with Crippen molar-refractivity contribution in [1.29, 1.82) is 0 Å². The van der Waals surface area contributed by atoms with E-state index < -0.39 is 0 Å². The van der Waals surface area contributed by atoms with E-state index in [0.29, 0.717) is 53.4 Å². The first-order valence-corrected chi connectivity index (χ1v) is 17.4. The summed E-state index contributed by atoms with van der Waals surface area (Å²) in [5, 5.41) is 0. The lowest BCUT2D eigenvalue weighted by atomic mass is 9.46. The minimum Gasteiger partial charge on any atom is -0.375 e. The largest absolute Gasteiger partial charge is 0.375 e. The lowest BCUT2D eigenvalue weighted by molar-refractivity contribution is -0.244. The molecule has 8 fully saturated rings. The van der Waals surface area contributed by atoms with Gasteiger partial charge in [0.05, 0.1) is 31.5 Å². The maximum absolute atomic E-state index is 12.8. The smallest absolute Gasteiger partial charge is 0.223 e. The predicted molar refractivity (Wildman–Crippen MR) is 154 cm³/mol. The van der Waals surface area contributed by atoms with Gasteiger partial charge in [0.2, 0.25) is 5.91 Å². The van der Waals surface area contributed by atoms with Gasteiger partial charge in [-0.1, -0.05) is 27.7 Å². The van der Waals surface area contributed by atoms with Crippen LogP contribution in [-0.2, 0) is 19.0 Å². The van der Waals surface area contributed by atoms with Crippen molar-refractivity contribution in [3.8, 4) is 0 Å². The van der Waals surface area contributed by atoms with Crippen LogP contribution in [0.25, 0.3) is 0 Å². The Kier molecular flexibility index (Phi) is 6.18. The topological polar surface area (TPSA) is 48.0 Å². The average molecular weight is 554 g/mol. The Morgan fingerprint density at radius 2 is 1.75 bits per heavy atom. The normalized spacial score (nSPS) is 52.5. The molecule has 10 unspecified atom stereocenters. The van der Waals surface area contributed by atoms with Gasteiger partial charge in [0, 0.05) is 13.0 Å². The molecule has 0 aromatic heterocycles. The van der Waals surface area contributed by atoms with Gasteiger partial charge in [-0.2, -0.15) is 0 Å². The summed E-state index contributed by atoms with van der Waals surface area (Å²) in [4.78, 5) is 14.8. The van der Waals surface area contributed by atoms with Crippen LogP contribution in [0.5, 0.6) is 0 Å². The molecule has 0 aromatic rings. The number of ether oxygens (including phenoxy) is 3. The zero-order chi connectivity index (χ0) is 27.5. The highest BCUT2D eigenvalue weighted by Crippen LogP contribution is 2.87. The molecule has 0 bridgehead atoms. The van der Waals surface area contributed by atoms with Gasteiger partial charge in [0.25, 0.3) is 0 Å². The van der Waals surface area contributed by atoms with Crippen LogP contribution >= 0.6 is 0 Å². The average Bonchev–Trinajstić information content (AvgIpc) is 3.85. The SMILES string of the molecule is CCC1CC[C@H]2C(CC3C4CCC5C(C)(C)C(OC6CN(C(=O)CC7CC7)CCO6)CCC56CC46CCC32C)O1. The molecule has 5 heteroatoms. The number of amides is 1. The molecule has 1 amide bonds. The number of carbonyl (C=O) groups is 1. The standard InChI is InChI=1S/C35H55NO4/c1-5-23-8-9-25-27(39-23)19-26-24-10-11-28-32(2,3)29(12-13-35(28)21-34(24,35)15-14-33(25,26)4)40-31-20-36(16-17-38-31)30(37)18-22-6-7-22/h22-29,31H,5-21H2,1-4H3/t23?,24?,25-,26?,27?,28?,29?,31?,33?,34?,35?/m0/s1. The summed E-state index contributed by atoms with van der Waals surface area (Å²) in [6.45, 7) is 12.0. The summed E-state index contributed by atoms with van der Waals surface area (Å²) in [6.07, 6.45) is 19.1. The van der Waals surface area contributed by atoms with Crippen molar-refractivity contribution in [1.82, 2.24) is 4.90 Å². The minimum absolute atomic E-state index is 0.151. The Hall–Kier alpha value is -0.650. The fraction of sp³-hybridized carbons (Fsp3) is 0.971. The van der Waals surface area contributed by atoms with Gasteiger partial charge < -0.3 is 19.1 Å². The van der Waals surface area contributed by atoms with Crippen LogP contribution in [0.4, 0.5) is 0 Å². The van der Waals surface area contributed by atoms with Crippen LogP contribution in [0.3, 0.4) is 0 Å². The fourth-order valence-electron chi connectivity index (χ4n) is 12.6. The van der Waals surface area contributed by atoms with Crippen molar-refractivity contribution in [2.75, 3.05) is 19.7 Å². The molecule has 6 aliphatic carbocycles.